The van der Waals surface area contributed by atoms with Crippen molar-refractivity contribution in [2.75, 3.05) is 13.6 Å². The summed E-state index contributed by atoms with van der Waals surface area (Å²) >= 11 is 0. The third-order valence-electron chi connectivity index (χ3n) is 2.70. The summed E-state index contributed by atoms with van der Waals surface area (Å²) in [4.78, 5) is 13.5. The number of carbonyl (C=O) groups excluding carboxylic acids is 1. The standard InChI is InChI=1S/C14H15NO2/c1-3-15(2)14(16)13-10-9-12(17-13)11-7-5-4-6-8-11/h4-10H,3H2,1-2H3. The Hall–Kier alpha value is -2.03. The minimum Gasteiger partial charge on any atom is -0.451 e. The van der Waals surface area contributed by atoms with Crippen LogP contribution < -0.4 is 0 Å². The van der Waals surface area contributed by atoms with Gasteiger partial charge in [0.1, 0.15) is 5.76 Å². The first-order valence-electron chi connectivity index (χ1n) is 5.63. The number of carbonyl (C=O) groups is 1. The predicted molar refractivity (Wildman–Crippen MR) is 66.8 cm³/mol. The molecule has 0 unspecified atom stereocenters. The van der Waals surface area contributed by atoms with Crippen LogP contribution in [0.3, 0.4) is 0 Å². The van der Waals surface area contributed by atoms with Crippen molar-refractivity contribution >= 4 is 5.91 Å². The fourth-order valence-electron chi connectivity index (χ4n) is 1.54. The molecule has 1 aromatic heterocycles. The first-order valence-corrected chi connectivity index (χ1v) is 5.63. The lowest BCUT2D eigenvalue weighted by Gasteiger charge is -2.11. The van der Waals surface area contributed by atoms with E-state index in [2.05, 4.69) is 0 Å². The molecule has 2 aromatic rings. The zero-order chi connectivity index (χ0) is 12.3. The molecular formula is C14H15NO2. The van der Waals surface area contributed by atoms with Crippen LogP contribution in [0.15, 0.2) is 46.9 Å². The lowest BCUT2D eigenvalue weighted by molar-refractivity contribution is 0.0772. The molecule has 1 heterocycles. The van der Waals surface area contributed by atoms with E-state index < -0.39 is 0 Å². The van der Waals surface area contributed by atoms with E-state index in [4.69, 9.17) is 4.42 Å². The van der Waals surface area contributed by atoms with Crippen molar-refractivity contribution in [3.8, 4) is 11.3 Å². The maximum atomic E-state index is 11.9. The molecule has 2 rings (SSSR count). The molecule has 17 heavy (non-hydrogen) atoms. The molecule has 0 bridgehead atoms. The normalized spacial score (nSPS) is 10.2. The van der Waals surface area contributed by atoms with Crippen LogP contribution in [-0.4, -0.2) is 24.4 Å². The zero-order valence-corrected chi connectivity index (χ0v) is 10.0. The Morgan fingerprint density at radius 3 is 2.53 bits per heavy atom. The number of amides is 1. The van der Waals surface area contributed by atoms with Gasteiger partial charge in [-0.15, -0.1) is 0 Å². The fraction of sp³-hybridized carbons (Fsp3) is 0.214. The highest BCUT2D eigenvalue weighted by molar-refractivity contribution is 5.91. The van der Waals surface area contributed by atoms with Gasteiger partial charge in [-0.1, -0.05) is 30.3 Å². The summed E-state index contributed by atoms with van der Waals surface area (Å²) in [5.74, 6) is 1.02. The predicted octanol–water partition coefficient (Wildman–Crippen LogP) is 3.04. The van der Waals surface area contributed by atoms with Crippen LogP contribution in [0.5, 0.6) is 0 Å². The summed E-state index contributed by atoms with van der Waals surface area (Å²) in [6.07, 6.45) is 0. The highest BCUT2D eigenvalue weighted by Gasteiger charge is 2.14. The first-order chi connectivity index (χ1) is 8.22. The monoisotopic (exact) mass is 229 g/mol. The van der Waals surface area contributed by atoms with Gasteiger partial charge < -0.3 is 9.32 Å². The molecule has 0 saturated carbocycles. The van der Waals surface area contributed by atoms with E-state index in [1.165, 1.54) is 0 Å². The van der Waals surface area contributed by atoms with Gasteiger partial charge in [-0.3, -0.25) is 4.79 Å². The average molecular weight is 229 g/mol. The van der Waals surface area contributed by atoms with Gasteiger partial charge >= 0.3 is 0 Å². The summed E-state index contributed by atoms with van der Waals surface area (Å²) in [6, 6.07) is 13.3. The van der Waals surface area contributed by atoms with E-state index in [0.29, 0.717) is 12.3 Å². The van der Waals surface area contributed by atoms with Crippen molar-refractivity contribution in [2.24, 2.45) is 0 Å². The van der Waals surface area contributed by atoms with Crippen molar-refractivity contribution < 1.29 is 9.21 Å². The molecule has 3 nitrogen and oxygen atoms in total. The Bertz CT molecular complexity index is 502. The molecule has 0 radical (unpaired) electrons. The largest absolute Gasteiger partial charge is 0.451 e. The van der Waals surface area contributed by atoms with Crippen LogP contribution in [0, 0.1) is 0 Å². The first kappa shape index (κ1) is 11.5. The molecule has 0 aliphatic carbocycles. The second-order valence-electron chi connectivity index (χ2n) is 3.85. The number of hydrogen-bond donors (Lipinski definition) is 0. The number of hydrogen-bond acceptors (Lipinski definition) is 2. The van der Waals surface area contributed by atoms with Crippen molar-refractivity contribution in [3.05, 3.63) is 48.2 Å². The number of furan rings is 1. The Morgan fingerprint density at radius 1 is 1.18 bits per heavy atom. The molecule has 0 fully saturated rings. The third kappa shape index (κ3) is 2.38. The van der Waals surface area contributed by atoms with Crippen LogP contribution in [0.1, 0.15) is 17.5 Å². The van der Waals surface area contributed by atoms with E-state index >= 15 is 0 Å². The topological polar surface area (TPSA) is 33.5 Å². The lowest BCUT2D eigenvalue weighted by Crippen LogP contribution is -2.25. The highest BCUT2D eigenvalue weighted by Crippen LogP contribution is 2.22. The van der Waals surface area contributed by atoms with E-state index in [1.807, 2.05) is 43.3 Å². The quantitative estimate of drug-likeness (QED) is 0.810. The molecule has 0 saturated heterocycles. The average Bonchev–Trinajstić information content (AvgIpc) is 2.87. The summed E-state index contributed by atoms with van der Waals surface area (Å²) < 4.78 is 5.56. The van der Waals surface area contributed by atoms with Crippen molar-refractivity contribution in [1.29, 1.82) is 0 Å². The molecular weight excluding hydrogens is 214 g/mol. The SMILES string of the molecule is CCN(C)C(=O)c1ccc(-c2ccccc2)o1. The van der Waals surface area contributed by atoms with Gasteiger partial charge in [0.25, 0.3) is 5.91 Å². The van der Waals surface area contributed by atoms with Crippen LogP contribution in [0.25, 0.3) is 11.3 Å². The summed E-state index contributed by atoms with van der Waals surface area (Å²) in [6.45, 7) is 2.60. The van der Waals surface area contributed by atoms with Crippen molar-refractivity contribution in [2.45, 2.75) is 6.92 Å². The van der Waals surface area contributed by atoms with Crippen LogP contribution in [-0.2, 0) is 0 Å². The highest BCUT2D eigenvalue weighted by atomic mass is 16.4. The summed E-state index contributed by atoms with van der Waals surface area (Å²) in [5, 5.41) is 0. The Balaban J connectivity index is 2.25. The zero-order valence-electron chi connectivity index (χ0n) is 10.0. The van der Waals surface area contributed by atoms with E-state index in [-0.39, 0.29) is 5.91 Å². The molecule has 3 heteroatoms. The summed E-state index contributed by atoms with van der Waals surface area (Å²) in [5.41, 5.74) is 0.978. The van der Waals surface area contributed by atoms with Crippen molar-refractivity contribution in [3.63, 3.8) is 0 Å². The van der Waals surface area contributed by atoms with Crippen LogP contribution in [0.4, 0.5) is 0 Å². The lowest BCUT2D eigenvalue weighted by atomic mass is 10.2. The molecule has 0 aliphatic rings. The van der Waals surface area contributed by atoms with Gasteiger partial charge in [0.15, 0.2) is 5.76 Å². The maximum absolute atomic E-state index is 11.9. The smallest absolute Gasteiger partial charge is 0.289 e. The van der Waals surface area contributed by atoms with Gasteiger partial charge in [0, 0.05) is 19.2 Å². The molecule has 0 aliphatic heterocycles. The molecule has 0 spiro atoms. The van der Waals surface area contributed by atoms with Gasteiger partial charge in [-0.05, 0) is 19.1 Å². The maximum Gasteiger partial charge on any atom is 0.289 e. The number of nitrogens with zero attached hydrogens (tertiary/aromatic N) is 1. The van der Waals surface area contributed by atoms with Gasteiger partial charge in [0.2, 0.25) is 0 Å². The molecule has 0 atom stereocenters. The molecule has 1 amide bonds. The Morgan fingerprint density at radius 2 is 1.88 bits per heavy atom. The Kier molecular flexibility index (Phi) is 3.28. The van der Waals surface area contributed by atoms with Gasteiger partial charge in [0.05, 0.1) is 0 Å². The fourth-order valence-corrected chi connectivity index (χ4v) is 1.54. The molecule has 0 N–H and O–H groups in total. The van der Waals surface area contributed by atoms with Crippen LogP contribution in [0.2, 0.25) is 0 Å². The van der Waals surface area contributed by atoms with Gasteiger partial charge in [-0.2, -0.15) is 0 Å². The minimum atomic E-state index is -0.0883. The van der Waals surface area contributed by atoms with E-state index in [9.17, 15) is 4.79 Å². The second-order valence-corrected chi connectivity index (χ2v) is 3.85. The minimum absolute atomic E-state index is 0.0883. The number of rotatable bonds is 3. The third-order valence-corrected chi connectivity index (χ3v) is 2.70. The molecule has 1 aromatic carbocycles. The summed E-state index contributed by atoms with van der Waals surface area (Å²) in [7, 11) is 1.76. The van der Waals surface area contributed by atoms with E-state index in [1.54, 1.807) is 18.0 Å². The van der Waals surface area contributed by atoms with E-state index in [0.717, 1.165) is 11.3 Å². The molecule has 88 valence electrons. The van der Waals surface area contributed by atoms with Crippen LogP contribution >= 0.6 is 0 Å². The Labute approximate surface area is 101 Å². The second kappa shape index (κ2) is 4.87. The number of benzene rings is 1. The van der Waals surface area contributed by atoms with Gasteiger partial charge in [-0.25, -0.2) is 0 Å². The van der Waals surface area contributed by atoms with Crippen molar-refractivity contribution in [1.82, 2.24) is 4.90 Å².